The van der Waals surface area contributed by atoms with E-state index in [4.69, 9.17) is 0 Å². The minimum atomic E-state index is -3.32. The molecule has 0 fully saturated rings. The van der Waals surface area contributed by atoms with Crippen molar-refractivity contribution in [3.8, 4) is 0 Å². The second-order valence-electron chi connectivity index (χ2n) is 5.92. The predicted molar refractivity (Wildman–Crippen MR) is 99.6 cm³/mol. The van der Waals surface area contributed by atoms with Crippen LogP contribution in [0.2, 0.25) is 0 Å². The molecule has 0 aromatic heterocycles. The molecule has 0 saturated heterocycles. The van der Waals surface area contributed by atoms with E-state index in [1.54, 1.807) is 12.1 Å². The summed E-state index contributed by atoms with van der Waals surface area (Å²) in [5, 5.41) is 11.8. The second kappa shape index (κ2) is 10.0. The van der Waals surface area contributed by atoms with E-state index in [1.165, 1.54) is 32.9 Å². The summed E-state index contributed by atoms with van der Waals surface area (Å²) in [5.74, 6) is -1.95. The summed E-state index contributed by atoms with van der Waals surface area (Å²) < 4.78 is 25.4. The first kappa shape index (κ1) is 22.6. The molecule has 0 aliphatic heterocycles. The van der Waals surface area contributed by atoms with E-state index in [1.807, 2.05) is 0 Å². The van der Waals surface area contributed by atoms with Gasteiger partial charge in [-0.2, -0.15) is 0 Å². The van der Waals surface area contributed by atoms with Gasteiger partial charge in [-0.25, -0.2) is 17.9 Å². The molecule has 0 bridgehead atoms. The number of hydrogen-bond donors (Lipinski definition) is 3. The van der Waals surface area contributed by atoms with Gasteiger partial charge >= 0.3 is 5.97 Å². The topological polar surface area (TPSA) is 133 Å². The van der Waals surface area contributed by atoms with E-state index in [-0.39, 0.29) is 36.9 Å². The van der Waals surface area contributed by atoms with Crippen molar-refractivity contribution in [2.75, 3.05) is 18.8 Å². The van der Waals surface area contributed by atoms with Crippen LogP contribution in [0.1, 0.15) is 36.7 Å². The third kappa shape index (κ3) is 7.35. The van der Waals surface area contributed by atoms with Crippen LogP contribution in [0.4, 0.5) is 0 Å². The standard InChI is InChI=1S/C17H25N3O6S/c1-4-27(25,26)19-11-14-5-7-15(8-6-14)16(22)20(12(2)17(23)24)10-9-18-13(3)21/h5-8,12,19H,4,9-11H2,1-3H3,(H,18,21)(H,23,24). The first-order valence-corrected chi connectivity index (χ1v) is 10.1. The molecule has 0 radical (unpaired) electrons. The van der Waals surface area contributed by atoms with Gasteiger partial charge in [0.2, 0.25) is 15.9 Å². The van der Waals surface area contributed by atoms with Gasteiger partial charge in [-0.1, -0.05) is 12.1 Å². The van der Waals surface area contributed by atoms with Crippen LogP contribution in [0.15, 0.2) is 24.3 Å². The lowest BCUT2D eigenvalue weighted by Gasteiger charge is -2.26. The van der Waals surface area contributed by atoms with Crippen molar-refractivity contribution < 1.29 is 27.9 Å². The average Bonchev–Trinajstić information content (AvgIpc) is 2.62. The number of carboxylic acid groups (broad SMARTS) is 1. The summed E-state index contributed by atoms with van der Waals surface area (Å²) in [6, 6.07) is 5.16. The first-order chi connectivity index (χ1) is 12.6. The normalized spacial score (nSPS) is 12.3. The van der Waals surface area contributed by atoms with Gasteiger partial charge in [0.1, 0.15) is 6.04 Å². The fourth-order valence-electron chi connectivity index (χ4n) is 2.18. The molecular formula is C17H25N3O6S. The first-order valence-electron chi connectivity index (χ1n) is 8.42. The monoisotopic (exact) mass is 399 g/mol. The van der Waals surface area contributed by atoms with Crippen molar-refractivity contribution in [3.05, 3.63) is 35.4 Å². The van der Waals surface area contributed by atoms with Gasteiger partial charge in [-0.15, -0.1) is 0 Å². The lowest BCUT2D eigenvalue weighted by Crippen LogP contribution is -2.46. The minimum Gasteiger partial charge on any atom is -0.480 e. The molecule has 150 valence electrons. The second-order valence-corrected chi connectivity index (χ2v) is 8.01. The summed E-state index contributed by atoms with van der Waals surface area (Å²) >= 11 is 0. The molecule has 1 aromatic carbocycles. The van der Waals surface area contributed by atoms with E-state index in [2.05, 4.69) is 10.0 Å². The molecule has 10 heteroatoms. The number of amides is 2. The fourth-order valence-corrected chi connectivity index (χ4v) is 2.77. The van der Waals surface area contributed by atoms with Crippen molar-refractivity contribution in [2.24, 2.45) is 0 Å². The summed E-state index contributed by atoms with van der Waals surface area (Å²) in [5.41, 5.74) is 0.938. The Balaban J connectivity index is 2.87. The molecule has 1 aromatic rings. The molecule has 0 heterocycles. The number of nitrogens with zero attached hydrogens (tertiary/aromatic N) is 1. The van der Waals surface area contributed by atoms with Gasteiger partial charge < -0.3 is 15.3 Å². The van der Waals surface area contributed by atoms with Gasteiger partial charge in [0.15, 0.2) is 0 Å². The highest BCUT2D eigenvalue weighted by molar-refractivity contribution is 7.89. The Hall–Kier alpha value is -2.46. The Labute approximate surface area is 158 Å². The molecule has 2 amide bonds. The van der Waals surface area contributed by atoms with Gasteiger partial charge in [-0.3, -0.25) is 9.59 Å². The molecule has 1 unspecified atom stereocenters. The Bertz CT molecular complexity index is 776. The lowest BCUT2D eigenvalue weighted by atomic mass is 10.1. The van der Waals surface area contributed by atoms with Crippen LogP contribution in [-0.2, 0) is 26.2 Å². The largest absolute Gasteiger partial charge is 0.480 e. The van der Waals surface area contributed by atoms with E-state index in [0.717, 1.165) is 4.90 Å². The Kier molecular flexibility index (Phi) is 8.38. The fraction of sp³-hybridized carbons (Fsp3) is 0.471. The summed E-state index contributed by atoms with van der Waals surface area (Å²) in [6.45, 7) is 4.53. The van der Waals surface area contributed by atoms with Crippen molar-refractivity contribution in [1.29, 1.82) is 0 Å². The van der Waals surface area contributed by atoms with Crippen molar-refractivity contribution in [3.63, 3.8) is 0 Å². The third-order valence-electron chi connectivity index (χ3n) is 3.89. The van der Waals surface area contributed by atoms with E-state index in [9.17, 15) is 27.9 Å². The van der Waals surface area contributed by atoms with E-state index < -0.39 is 27.9 Å². The maximum absolute atomic E-state index is 12.7. The number of hydrogen-bond acceptors (Lipinski definition) is 5. The number of aliphatic carboxylic acids is 1. The number of carboxylic acids is 1. The van der Waals surface area contributed by atoms with Crippen LogP contribution < -0.4 is 10.0 Å². The average molecular weight is 399 g/mol. The van der Waals surface area contributed by atoms with Gasteiger partial charge in [0, 0.05) is 32.1 Å². The number of carbonyl (C=O) groups is 3. The number of nitrogens with one attached hydrogen (secondary N) is 2. The highest BCUT2D eigenvalue weighted by Crippen LogP contribution is 2.11. The van der Waals surface area contributed by atoms with E-state index >= 15 is 0 Å². The van der Waals surface area contributed by atoms with Crippen LogP contribution in [0.3, 0.4) is 0 Å². The Morgan fingerprint density at radius 3 is 2.26 bits per heavy atom. The number of rotatable bonds is 10. The zero-order chi connectivity index (χ0) is 20.6. The lowest BCUT2D eigenvalue weighted by molar-refractivity contribution is -0.141. The van der Waals surface area contributed by atoms with Crippen LogP contribution in [0, 0.1) is 0 Å². The Morgan fingerprint density at radius 2 is 1.78 bits per heavy atom. The zero-order valence-corrected chi connectivity index (χ0v) is 16.4. The molecule has 0 aliphatic carbocycles. The zero-order valence-electron chi connectivity index (χ0n) is 15.6. The SMILES string of the molecule is CCS(=O)(=O)NCc1ccc(C(=O)N(CCNC(C)=O)C(C)C(=O)O)cc1. The molecule has 3 N–H and O–H groups in total. The smallest absolute Gasteiger partial charge is 0.326 e. The quantitative estimate of drug-likeness (QED) is 0.514. The highest BCUT2D eigenvalue weighted by Gasteiger charge is 2.26. The van der Waals surface area contributed by atoms with Crippen molar-refractivity contribution >= 4 is 27.8 Å². The third-order valence-corrected chi connectivity index (χ3v) is 5.23. The number of carbonyl (C=O) groups excluding carboxylic acids is 2. The van der Waals surface area contributed by atoms with Crippen molar-refractivity contribution in [2.45, 2.75) is 33.4 Å². The summed E-state index contributed by atoms with van der Waals surface area (Å²) in [4.78, 5) is 36.1. The Morgan fingerprint density at radius 1 is 1.19 bits per heavy atom. The van der Waals surface area contributed by atoms with Crippen LogP contribution in [0.5, 0.6) is 0 Å². The van der Waals surface area contributed by atoms with Gasteiger partial charge in [0.25, 0.3) is 5.91 Å². The highest BCUT2D eigenvalue weighted by atomic mass is 32.2. The molecule has 0 aliphatic rings. The maximum atomic E-state index is 12.7. The number of benzene rings is 1. The van der Waals surface area contributed by atoms with E-state index in [0.29, 0.717) is 5.56 Å². The van der Waals surface area contributed by atoms with Crippen LogP contribution in [0.25, 0.3) is 0 Å². The van der Waals surface area contributed by atoms with Crippen LogP contribution >= 0.6 is 0 Å². The summed E-state index contributed by atoms with van der Waals surface area (Å²) in [7, 11) is -3.32. The molecule has 9 nitrogen and oxygen atoms in total. The van der Waals surface area contributed by atoms with Crippen molar-refractivity contribution in [1.82, 2.24) is 14.9 Å². The molecular weight excluding hydrogens is 374 g/mol. The molecule has 1 atom stereocenters. The van der Waals surface area contributed by atoms with Gasteiger partial charge in [0.05, 0.1) is 5.75 Å². The molecule has 1 rings (SSSR count). The van der Waals surface area contributed by atoms with Crippen LogP contribution in [-0.4, -0.2) is 61.1 Å². The number of sulfonamides is 1. The maximum Gasteiger partial charge on any atom is 0.326 e. The summed E-state index contributed by atoms with van der Waals surface area (Å²) in [6.07, 6.45) is 0. The van der Waals surface area contributed by atoms with Gasteiger partial charge in [-0.05, 0) is 31.5 Å². The molecule has 0 saturated carbocycles. The molecule has 27 heavy (non-hydrogen) atoms. The predicted octanol–water partition coefficient (Wildman–Crippen LogP) is 0.177. The molecule has 0 spiro atoms. The minimum absolute atomic E-state index is 0.0279.